The molecule has 0 radical (unpaired) electrons. The highest BCUT2D eigenvalue weighted by Crippen LogP contribution is 2.37. The molecule has 0 spiro atoms. The number of carbonyl (C=O) groups excluding carboxylic acids is 1. The number of alkyl halides is 3. The van der Waals surface area contributed by atoms with Crippen molar-refractivity contribution in [1.82, 2.24) is 0 Å². The van der Waals surface area contributed by atoms with Crippen LogP contribution in [0.4, 0.5) is 24.5 Å². The summed E-state index contributed by atoms with van der Waals surface area (Å²) in [4.78, 5) is 12.8. The van der Waals surface area contributed by atoms with Gasteiger partial charge >= 0.3 is 6.18 Å². The number of aryl methyl sites for hydroxylation is 1. The van der Waals surface area contributed by atoms with Crippen LogP contribution in [0.3, 0.4) is 0 Å². The minimum absolute atomic E-state index is 0.000313. The number of nitrogens with one attached hydrogen (secondary N) is 1. The van der Waals surface area contributed by atoms with E-state index >= 15 is 0 Å². The molecule has 0 aromatic heterocycles. The highest BCUT2D eigenvalue weighted by molar-refractivity contribution is 7.92. The third-order valence-electron chi connectivity index (χ3n) is 5.11. The fourth-order valence-electron chi connectivity index (χ4n) is 3.28. The summed E-state index contributed by atoms with van der Waals surface area (Å²) in [6.45, 7) is 1.01. The molecule has 0 aliphatic rings. The number of carbonyl (C=O) groups is 1. The Bertz CT molecular complexity index is 1360. The van der Waals surface area contributed by atoms with Crippen molar-refractivity contribution < 1.29 is 35.9 Å². The normalized spacial score (nSPS) is 11.6. The number of nitrogens with zero attached hydrogens (tertiary/aromatic N) is 1. The van der Waals surface area contributed by atoms with E-state index in [9.17, 15) is 26.4 Å². The zero-order valence-corrected chi connectivity index (χ0v) is 21.0. The van der Waals surface area contributed by atoms with Gasteiger partial charge in [0.2, 0.25) is 5.91 Å². The maximum absolute atomic E-state index is 13.6. The Kier molecular flexibility index (Phi) is 8.05. The molecule has 1 amide bonds. The number of sulfonamides is 1. The third-order valence-corrected chi connectivity index (χ3v) is 7.21. The summed E-state index contributed by atoms with van der Waals surface area (Å²) in [7, 11) is -1.61. The first kappa shape index (κ1) is 27.2. The lowest BCUT2D eigenvalue weighted by molar-refractivity contribution is -0.137. The fraction of sp³-hybridized carbons (Fsp3) is 0.208. The van der Waals surface area contributed by atoms with Gasteiger partial charge < -0.3 is 14.8 Å². The number of hydrogen-bond acceptors (Lipinski definition) is 5. The summed E-state index contributed by atoms with van der Waals surface area (Å²) in [6.07, 6.45) is -4.74. The van der Waals surface area contributed by atoms with Crippen LogP contribution in [0.15, 0.2) is 65.6 Å². The van der Waals surface area contributed by atoms with E-state index in [0.29, 0.717) is 11.8 Å². The minimum atomic E-state index is -4.74. The van der Waals surface area contributed by atoms with Gasteiger partial charge in [0.15, 0.2) is 0 Å². The Morgan fingerprint density at radius 3 is 2.25 bits per heavy atom. The molecule has 192 valence electrons. The molecule has 36 heavy (non-hydrogen) atoms. The molecular formula is C24H22ClF3N2O5S. The van der Waals surface area contributed by atoms with E-state index in [1.165, 1.54) is 44.6 Å². The van der Waals surface area contributed by atoms with Gasteiger partial charge in [-0.05, 0) is 49.4 Å². The standard InChI is InChI=1S/C24H22ClF3N2O5S/c1-15-4-8-18(9-5-15)36(32,33)30(21-13-17(34-2)7-11-22(21)35-3)14-23(31)29-16-6-10-20(25)19(12-16)24(26,27)28/h4-13H,14H2,1-3H3,(H,29,31). The van der Waals surface area contributed by atoms with Crippen LogP contribution in [0.25, 0.3) is 0 Å². The molecule has 1 N–H and O–H groups in total. The average Bonchev–Trinajstić information content (AvgIpc) is 2.82. The third kappa shape index (κ3) is 6.03. The first-order valence-electron chi connectivity index (χ1n) is 10.3. The highest BCUT2D eigenvalue weighted by atomic mass is 35.5. The minimum Gasteiger partial charge on any atom is -0.497 e. The maximum Gasteiger partial charge on any atom is 0.417 e. The molecule has 12 heteroatoms. The molecular weight excluding hydrogens is 521 g/mol. The molecule has 0 fully saturated rings. The number of anilines is 2. The second-order valence-corrected chi connectivity index (χ2v) is 9.87. The summed E-state index contributed by atoms with van der Waals surface area (Å²) >= 11 is 5.64. The van der Waals surface area contributed by atoms with Crippen molar-refractivity contribution in [2.45, 2.75) is 18.0 Å². The van der Waals surface area contributed by atoms with E-state index in [4.69, 9.17) is 21.1 Å². The van der Waals surface area contributed by atoms with Crippen molar-refractivity contribution in [2.24, 2.45) is 0 Å². The molecule has 0 bridgehead atoms. The summed E-state index contributed by atoms with van der Waals surface area (Å²) in [5, 5.41) is 1.77. The molecule has 0 atom stereocenters. The second-order valence-electron chi connectivity index (χ2n) is 7.60. The number of hydrogen-bond donors (Lipinski definition) is 1. The smallest absolute Gasteiger partial charge is 0.417 e. The molecule has 0 saturated carbocycles. The molecule has 0 unspecified atom stereocenters. The highest BCUT2D eigenvalue weighted by Gasteiger charge is 2.34. The summed E-state index contributed by atoms with van der Waals surface area (Å²) in [5.74, 6) is -0.473. The predicted octanol–water partition coefficient (Wildman–Crippen LogP) is 5.52. The molecule has 0 saturated heterocycles. The zero-order chi connectivity index (χ0) is 26.7. The van der Waals surface area contributed by atoms with E-state index in [1.54, 1.807) is 25.1 Å². The maximum atomic E-state index is 13.6. The molecule has 3 aromatic carbocycles. The lowest BCUT2D eigenvalue weighted by Gasteiger charge is -2.26. The second kappa shape index (κ2) is 10.7. The van der Waals surface area contributed by atoms with Crippen LogP contribution in [0.5, 0.6) is 11.5 Å². The van der Waals surface area contributed by atoms with Crippen LogP contribution in [-0.4, -0.2) is 35.1 Å². The summed E-state index contributed by atoms with van der Waals surface area (Å²) in [5.41, 5.74) is -0.525. The van der Waals surface area contributed by atoms with Gasteiger partial charge in [0.25, 0.3) is 10.0 Å². The summed E-state index contributed by atoms with van der Waals surface area (Å²) in [6, 6.07) is 13.2. The van der Waals surface area contributed by atoms with Crippen molar-refractivity contribution in [3.63, 3.8) is 0 Å². The Labute approximate surface area is 211 Å². The topological polar surface area (TPSA) is 84.9 Å². The SMILES string of the molecule is COc1ccc(OC)c(N(CC(=O)Nc2ccc(Cl)c(C(F)(F)F)c2)S(=O)(=O)c2ccc(C)cc2)c1. The molecule has 0 aliphatic carbocycles. The van der Waals surface area contributed by atoms with Gasteiger partial charge in [0, 0.05) is 11.8 Å². The Hall–Kier alpha value is -3.44. The molecule has 0 aliphatic heterocycles. The lowest BCUT2D eigenvalue weighted by atomic mass is 10.2. The van der Waals surface area contributed by atoms with Gasteiger partial charge in [-0.1, -0.05) is 29.3 Å². The molecule has 3 aromatic rings. The number of halogens is 4. The summed E-state index contributed by atoms with van der Waals surface area (Å²) < 4.78 is 78.2. The Morgan fingerprint density at radius 1 is 1.00 bits per heavy atom. The van der Waals surface area contributed by atoms with Crippen molar-refractivity contribution in [1.29, 1.82) is 0 Å². The van der Waals surface area contributed by atoms with E-state index in [1.807, 2.05) is 0 Å². The Balaban J connectivity index is 2.04. The predicted molar refractivity (Wildman–Crippen MR) is 130 cm³/mol. The fourth-order valence-corrected chi connectivity index (χ4v) is 4.93. The molecule has 3 rings (SSSR count). The van der Waals surface area contributed by atoms with Gasteiger partial charge in [-0.2, -0.15) is 13.2 Å². The number of benzene rings is 3. The van der Waals surface area contributed by atoms with Crippen molar-refractivity contribution in [2.75, 3.05) is 30.4 Å². The van der Waals surface area contributed by atoms with Gasteiger partial charge in [-0.25, -0.2) is 8.42 Å². The lowest BCUT2D eigenvalue weighted by Crippen LogP contribution is -2.38. The number of methoxy groups -OCH3 is 2. The van der Waals surface area contributed by atoms with E-state index in [2.05, 4.69) is 5.32 Å². The largest absolute Gasteiger partial charge is 0.497 e. The van der Waals surface area contributed by atoms with Crippen molar-refractivity contribution in [3.8, 4) is 11.5 Å². The van der Waals surface area contributed by atoms with Crippen LogP contribution in [0, 0.1) is 6.92 Å². The van der Waals surface area contributed by atoms with Crippen LogP contribution in [0.1, 0.15) is 11.1 Å². The van der Waals surface area contributed by atoms with Gasteiger partial charge in [0.05, 0.1) is 35.4 Å². The van der Waals surface area contributed by atoms with E-state index in [0.717, 1.165) is 15.9 Å². The van der Waals surface area contributed by atoms with Crippen molar-refractivity contribution >= 4 is 38.9 Å². The van der Waals surface area contributed by atoms with E-state index in [-0.39, 0.29) is 22.0 Å². The number of amides is 1. The van der Waals surface area contributed by atoms with Gasteiger partial charge in [-0.15, -0.1) is 0 Å². The van der Waals surface area contributed by atoms with Crippen molar-refractivity contribution in [3.05, 3.63) is 76.8 Å². The van der Waals surface area contributed by atoms with Gasteiger partial charge in [0.1, 0.15) is 18.0 Å². The average molecular weight is 543 g/mol. The monoisotopic (exact) mass is 542 g/mol. The quantitative estimate of drug-likeness (QED) is 0.405. The zero-order valence-electron chi connectivity index (χ0n) is 19.4. The van der Waals surface area contributed by atoms with E-state index < -0.39 is 39.2 Å². The number of ether oxygens (including phenoxy) is 2. The first-order valence-corrected chi connectivity index (χ1v) is 12.2. The van der Waals surface area contributed by atoms with Crippen LogP contribution in [0.2, 0.25) is 5.02 Å². The Morgan fingerprint density at radius 2 is 1.67 bits per heavy atom. The first-order chi connectivity index (χ1) is 16.9. The number of rotatable bonds is 8. The van der Waals surface area contributed by atoms with Crippen LogP contribution >= 0.6 is 11.6 Å². The van der Waals surface area contributed by atoms with Crippen LogP contribution < -0.4 is 19.1 Å². The van der Waals surface area contributed by atoms with Crippen LogP contribution in [-0.2, 0) is 21.0 Å². The van der Waals surface area contributed by atoms with Gasteiger partial charge in [-0.3, -0.25) is 9.10 Å². The molecule has 7 nitrogen and oxygen atoms in total. The molecule has 0 heterocycles.